The van der Waals surface area contributed by atoms with Crippen LogP contribution in [0.25, 0.3) is 5.57 Å². The molecule has 134 valence electrons. The number of fused-ring (bicyclic) bond motifs is 2. The molecule has 4 rings (SSSR count). The molecule has 4 heteroatoms. The molecular weight excluding hydrogens is 346 g/mol. The van der Waals surface area contributed by atoms with E-state index in [0.29, 0.717) is 6.61 Å². The average molecular weight is 368 g/mol. The van der Waals surface area contributed by atoms with Gasteiger partial charge in [-0.1, -0.05) is 60.1 Å². The van der Waals surface area contributed by atoms with Gasteiger partial charge in [0.2, 0.25) is 0 Å². The van der Waals surface area contributed by atoms with Crippen molar-refractivity contribution in [3.8, 4) is 0 Å². The van der Waals surface area contributed by atoms with Crippen molar-refractivity contribution in [2.75, 3.05) is 0 Å². The number of halogens is 1. The predicted octanol–water partition coefficient (Wildman–Crippen LogP) is 5.69. The Bertz CT molecular complexity index is 818. The molecule has 2 atom stereocenters. The molecular formula is C22H22ClNO2. The van der Waals surface area contributed by atoms with Crippen LogP contribution in [0.1, 0.15) is 36.8 Å². The first-order valence-corrected chi connectivity index (χ1v) is 9.54. The molecule has 26 heavy (non-hydrogen) atoms. The van der Waals surface area contributed by atoms with E-state index in [0.717, 1.165) is 41.8 Å². The molecule has 1 amide bonds. The lowest BCUT2D eigenvalue weighted by Crippen LogP contribution is -2.51. The molecule has 0 N–H and O–H groups in total. The number of piperidine rings is 1. The maximum absolute atomic E-state index is 12.7. The van der Waals surface area contributed by atoms with Crippen molar-refractivity contribution < 1.29 is 9.53 Å². The third-order valence-electron chi connectivity index (χ3n) is 5.25. The highest BCUT2D eigenvalue weighted by Gasteiger charge is 2.38. The number of hydrogen-bond donors (Lipinski definition) is 0. The zero-order valence-corrected chi connectivity index (χ0v) is 15.4. The predicted molar refractivity (Wildman–Crippen MR) is 104 cm³/mol. The molecule has 2 aliphatic heterocycles. The molecule has 1 saturated heterocycles. The van der Waals surface area contributed by atoms with Crippen molar-refractivity contribution in [1.29, 1.82) is 0 Å². The van der Waals surface area contributed by atoms with E-state index in [4.69, 9.17) is 16.3 Å². The van der Waals surface area contributed by atoms with Crippen LogP contribution in [0.15, 0.2) is 60.7 Å². The maximum atomic E-state index is 12.7. The van der Waals surface area contributed by atoms with Crippen molar-refractivity contribution in [3.05, 3.63) is 76.8 Å². The first-order chi connectivity index (χ1) is 12.7. The van der Waals surface area contributed by atoms with Gasteiger partial charge < -0.3 is 4.74 Å². The number of nitrogens with zero attached hydrogens (tertiary/aromatic N) is 1. The normalized spacial score (nSPS) is 21.9. The van der Waals surface area contributed by atoms with Gasteiger partial charge in [-0.15, -0.1) is 0 Å². The van der Waals surface area contributed by atoms with Gasteiger partial charge in [0, 0.05) is 11.1 Å². The van der Waals surface area contributed by atoms with Gasteiger partial charge in [-0.3, -0.25) is 4.90 Å². The highest BCUT2D eigenvalue weighted by molar-refractivity contribution is 6.30. The quantitative estimate of drug-likeness (QED) is 0.697. The van der Waals surface area contributed by atoms with E-state index in [1.165, 1.54) is 5.57 Å². The first kappa shape index (κ1) is 17.2. The largest absolute Gasteiger partial charge is 0.445 e. The van der Waals surface area contributed by atoms with E-state index < -0.39 is 0 Å². The van der Waals surface area contributed by atoms with Crippen molar-refractivity contribution in [3.63, 3.8) is 0 Å². The maximum Gasteiger partial charge on any atom is 0.410 e. The lowest BCUT2D eigenvalue weighted by atomic mass is 9.83. The molecule has 3 nitrogen and oxygen atoms in total. The molecule has 0 spiro atoms. The topological polar surface area (TPSA) is 29.5 Å². The molecule has 2 bridgehead atoms. The summed E-state index contributed by atoms with van der Waals surface area (Å²) >= 11 is 6.15. The standard InChI is InChI=1S/C22H22ClNO2/c23-19-9-4-8-17(12-19)18-13-20-10-5-11-21(14-18)24(20)22(25)26-15-16-6-2-1-3-7-16/h1-4,6-9,12-13,20-21H,5,10-11,14-15H2. The van der Waals surface area contributed by atoms with E-state index >= 15 is 0 Å². The van der Waals surface area contributed by atoms with Crippen LogP contribution in [0.2, 0.25) is 5.02 Å². The minimum atomic E-state index is -0.204. The Labute approximate surface area is 159 Å². The molecule has 2 unspecified atom stereocenters. The summed E-state index contributed by atoms with van der Waals surface area (Å²) in [6, 6.07) is 18.1. The first-order valence-electron chi connectivity index (χ1n) is 9.16. The van der Waals surface area contributed by atoms with Crippen LogP contribution in [0, 0.1) is 0 Å². The minimum absolute atomic E-state index is 0.111. The average Bonchev–Trinajstić information content (AvgIpc) is 2.66. The second kappa shape index (κ2) is 7.55. The highest BCUT2D eigenvalue weighted by Crippen LogP contribution is 2.38. The van der Waals surface area contributed by atoms with Crippen LogP contribution in [-0.4, -0.2) is 23.1 Å². The summed E-state index contributed by atoms with van der Waals surface area (Å²) in [6.07, 6.45) is 6.04. The summed E-state index contributed by atoms with van der Waals surface area (Å²) < 4.78 is 5.60. The van der Waals surface area contributed by atoms with Crippen LogP contribution in [-0.2, 0) is 11.3 Å². The Morgan fingerprint density at radius 1 is 1.12 bits per heavy atom. The Morgan fingerprint density at radius 2 is 1.96 bits per heavy atom. The number of carbonyl (C=O) groups is 1. The zero-order chi connectivity index (χ0) is 17.9. The van der Waals surface area contributed by atoms with Crippen LogP contribution in [0.4, 0.5) is 4.79 Å². The van der Waals surface area contributed by atoms with Crippen molar-refractivity contribution in [2.24, 2.45) is 0 Å². The van der Waals surface area contributed by atoms with Gasteiger partial charge in [0.1, 0.15) is 6.61 Å². The molecule has 2 aliphatic rings. The number of ether oxygens (including phenoxy) is 1. The van der Waals surface area contributed by atoms with Crippen LogP contribution >= 0.6 is 11.6 Å². The molecule has 0 saturated carbocycles. The Balaban J connectivity index is 1.50. The van der Waals surface area contributed by atoms with Gasteiger partial charge in [0.05, 0.1) is 6.04 Å². The van der Waals surface area contributed by atoms with E-state index in [1.54, 1.807) is 0 Å². The fourth-order valence-electron chi connectivity index (χ4n) is 4.01. The molecule has 0 radical (unpaired) electrons. The van der Waals surface area contributed by atoms with Crippen LogP contribution in [0.5, 0.6) is 0 Å². The highest BCUT2D eigenvalue weighted by atomic mass is 35.5. The summed E-state index contributed by atoms with van der Waals surface area (Å²) in [7, 11) is 0. The second-order valence-corrected chi connectivity index (χ2v) is 7.44. The van der Waals surface area contributed by atoms with E-state index in [2.05, 4.69) is 12.1 Å². The summed E-state index contributed by atoms with van der Waals surface area (Å²) in [4.78, 5) is 14.7. The lowest BCUT2D eigenvalue weighted by molar-refractivity contribution is 0.0510. The summed E-state index contributed by atoms with van der Waals surface area (Å²) in [5.74, 6) is 0. The number of amides is 1. The van der Waals surface area contributed by atoms with E-state index in [-0.39, 0.29) is 18.2 Å². The molecule has 0 aliphatic carbocycles. The second-order valence-electron chi connectivity index (χ2n) is 7.01. The molecule has 0 aromatic heterocycles. The Hall–Kier alpha value is -2.26. The fourth-order valence-corrected chi connectivity index (χ4v) is 4.20. The van der Waals surface area contributed by atoms with Gasteiger partial charge in [-0.2, -0.15) is 0 Å². The number of benzene rings is 2. The SMILES string of the molecule is O=C(OCc1ccccc1)N1C2C=C(c3cccc(Cl)c3)CC1CCC2. The third-order valence-corrected chi connectivity index (χ3v) is 5.48. The summed E-state index contributed by atoms with van der Waals surface area (Å²) in [5.41, 5.74) is 3.46. The minimum Gasteiger partial charge on any atom is -0.445 e. The molecule has 2 heterocycles. The number of hydrogen-bond acceptors (Lipinski definition) is 2. The van der Waals surface area contributed by atoms with Crippen molar-refractivity contribution >= 4 is 23.3 Å². The lowest BCUT2D eigenvalue weighted by Gasteiger charge is -2.44. The number of carbonyl (C=O) groups excluding carboxylic acids is 1. The van der Waals surface area contributed by atoms with Gasteiger partial charge in [0.15, 0.2) is 0 Å². The number of rotatable bonds is 3. The van der Waals surface area contributed by atoms with E-state index in [9.17, 15) is 4.79 Å². The van der Waals surface area contributed by atoms with Crippen molar-refractivity contribution in [1.82, 2.24) is 4.90 Å². The molecule has 2 aromatic carbocycles. The summed E-state index contributed by atoms with van der Waals surface area (Å²) in [5, 5.41) is 0.748. The van der Waals surface area contributed by atoms with Crippen LogP contribution < -0.4 is 0 Å². The van der Waals surface area contributed by atoms with Gasteiger partial charge in [0.25, 0.3) is 0 Å². The van der Waals surface area contributed by atoms with Gasteiger partial charge in [-0.25, -0.2) is 4.79 Å². The smallest absolute Gasteiger partial charge is 0.410 e. The van der Waals surface area contributed by atoms with Gasteiger partial charge >= 0.3 is 6.09 Å². The zero-order valence-electron chi connectivity index (χ0n) is 14.6. The monoisotopic (exact) mass is 367 g/mol. The third kappa shape index (κ3) is 3.63. The van der Waals surface area contributed by atoms with E-state index in [1.807, 2.05) is 53.4 Å². The molecule has 1 fully saturated rings. The Kier molecular flexibility index (Phi) is 4.98. The molecule has 2 aromatic rings. The Morgan fingerprint density at radius 3 is 2.73 bits per heavy atom. The van der Waals surface area contributed by atoms with Crippen LogP contribution in [0.3, 0.4) is 0 Å². The summed E-state index contributed by atoms with van der Waals surface area (Å²) in [6.45, 7) is 0.320. The fraction of sp³-hybridized carbons (Fsp3) is 0.318. The van der Waals surface area contributed by atoms with Crippen molar-refractivity contribution in [2.45, 2.75) is 44.4 Å². The van der Waals surface area contributed by atoms with Gasteiger partial charge in [-0.05, 0) is 54.5 Å².